The monoisotopic (exact) mass is 509 g/mol. The summed E-state index contributed by atoms with van der Waals surface area (Å²) < 4.78 is 1.53. The van der Waals surface area contributed by atoms with Crippen LogP contribution in [0.25, 0.3) is 0 Å². The molecular formula is C22H32BrN5O4. The summed E-state index contributed by atoms with van der Waals surface area (Å²) in [5, 5.41) is 19.5. The minimum atomic E-state index is -0.934. The Morgan fingerprint density at radius 1 is 1.34 bits per heavy atom. The highest BCUT2D eigenvalue weighted by Crippen LogP contribution is 2.61. The van der Waals surface area contributed by atoms with Crippen LogP contribution in [-0.4, -0.2) is 57.5 Å². The highest BCUT2D eigenvalue weighted by Gasteiger charge is 2.56. The van der Waals surface area contributed by atoms with Crippen molar-refractivity contribution in [3.63, 3.8) is 0 Å². The zero-order chi connectivity index (χ0) is 23.2. The van der Waals surface area contributed by atoms with Gasteiger partial charge in [-0.3, -0.25) is 9.59 Å². The van der Waals surface area contributed by atoms with Crippen LogP contribution >= 0.6 is 15.9 Å². The normalized spacial score (nSPS) is 30.5. The average molecular weight is 510 g/mol. The number of hydrogen-bond acceptors (Lipinski definition) is 5. The molecule has 4 fully saturated rings. The van der Waals surface area contributed by atoms with E-state index >= 15 is 0 Å². The summed E-state index contributed by atoms with van der Waals surface area (Å²) in [7, 11) is 0. The van der Waals surface area contributed by atoms with Gasteiger partial charge in [-0.25, -0.2) is 9.48 Å². The summed E-state index contributed by atoms with van der Waals surface area (Å²) in [5.41, 5.74) is 0.716. The van der Waals surface area contributed by atoms with E-state index in [1.807, 2.05) is 0 Å². The predicted molar refractivity (Wildman–Crippen MR) is 123 cm³/mol. The van der Waals surface area contributed by atoms with Crippen molar-refractivity contribution < 1.29 is 14.7 Å². The number of carbonyl (C=O) groups excluding carboxylic acids is 1. The summed E-state index contributed by atoms with van der Waals surface area (Å²) in [6.07, 6.45) is 3.77. The topological polar surface area (TPSA) is 117 Å². The van der Waals surface area contributed by atoms with E-state index in [0.29, 0.717) is 59.0 Å². The average Bonchev–Trinajstić information content (AvgIpc) is 3.22. The third-order valence-electron chi connectivity index (χ3n) is 8.12. The molecule has 1 aliphatic heterocycles. The minimum Gasteiger partial charge on any atom is -0.465 e. The number of likely N-dealkylation sites (tertiary alicyclic amines) is 1. The molecule has 2 bridgehead atoms. The van der Waals surface area contributed by atoms with E-state index in [1.165, 1.54) is 11.3 Å². The zero-order valence-corrected chi connectivity index (χ0v) is 20.4. The highest BCUT2D eigenvalue weighted by molar-refractivity contribution is 9.10. The Kier molecular flexibility index (Phi) is 6.26. The molecule has 2 amide bonds. The molecule has 5 atom stereocenters. The van der Waals surface area contributed by atoms with E-state index in [4.69, 9.17) is 5.11 Å². The zero-order valence-electron chi connectivity index (χ0n) is 18.8. The number of aromatic nitrogens is 2. The maximum absolute atomic E-state index is 12.8. The number of amides is 2. The van der Waals surface area contributed by atoms with Gasteiger partial charge in [-0.05, 0) is 64.3 Å². The van der Waals surface area contributed by atoms with Crippen molar-refractivity contribution in [3.05, 3.63) is 21.0 Å². The van der Waals surface area contributed by atoms with Crippen LogP contribution in [-0.2, 0) is 11.3 Å². The van der Waals surface area contributed by atoms with Gasteiger partial charge in [0.1, 0.15) is 11.0 Å². The van der Waals surface area contributed by atoms with Gasteiger partial charge in [-0.15, -0.1) is 0 Å². The minimum absolute atomic E-state index is 0.0896. The van der Waals surface area contributed by atoms with Gasteiger partial charge in [0.15, 0.2) is 0 Å². The van der Waals surface area contributed by atoms with Crippen molar-refractivity contribution in [2.75, 3.05) is 25.0 Å². The quantitative estimate of drug-likeness (QED) is 0.542. The fraction of sp³-hybridized carbons (Fsp3) is 0.727. The van der Waals surface area contributed by atoms with Gasteiger partial charge in [-0.2, -0.15) is 5.10 Å². The molecule has 0 spiro atoms. The van der Waals surface area contributed by atoms with Gasteiger partial charge in [0.25, 0.3) is 5.56 Å². The third-order valence-corrected chi connectivity index (χ3v) is 8.88. The van der Waals surface area contributed by atoms with Crippen LogP contribution in [0.3, 0.4) is 0 Å². The second kappa shape index (κ2) is 8.68. The predicted octanol–water partition coefficient (Wildman–Crippen LogP) is 2.60. The van der Waals surface area contributed by atoms with E-state index < -0.39 is 6.09 Å². The van der Waals surface area contributed by atoms with E-state index in [0.717, 1.165) is 17.5 Å². The molecule has 10 heteroatoms. The maximum atomic E-state index is 12.8. The molecule has 32 heavy (non-hydrogen) atoms. The lowest BCUT2D eigenvalue weighted by molar-refractivity contribution is -0.122. The molecule has 1 saturated heterocycles. The van der Waals surface area contributed by atoms with Gasteiger partial charge in [0.05, 0.1) is 11.9 Å². The van der Waals surface area contributed by atoms with Crippen LogP contribution in [0.2, 0.25) is 0 Å². The first kappa shape index (κ1) is 23.1. The number of carboxylic acid groups (broad SMARTS) is 1. The van der Waals surface area contributed by atoms with Gasteiger partial charge in [0, 0.05) is 25.7 Å². The largest absolute Gasteiger partial charge is 0.465 e. The molecule has 9 nitrogen and oxygen atoms in total. The van der Waals surface area contributed by atoms with E-state index in [-0.39, 0.29) is 23.9 Å². The lowest BCUT2D eigenvalue weighted by Crippen LogP contribution is -2.58. The molecule has 3 N–H and O–H groups in total. The molecule has 0 unspecified atom stereocenters. The number of halogens is 1. The number of fused-ring (bicyclic) bond motifs is 2. The second-order valence-corrected chi connectivity index (χ2v) is 11.0. The SMILES string of the molecule is C[C@@H]1[C@H]2C[C@@H](C[C@H]1Nc1cnn(CC(=O)NC[C@@H]3CCN(C(=O)O)C3)c(=O)c1Br)C2(C)C. The Hall–Kier alpha value is -2.10. The number of hydrogen-bond donors (Lipinski definition) is 3. The molecule has 3 aliphatic carbocycles. The summed E-state index contributed by atoms with van der Waals surface area (Å²) in [5.74, 6) is 1.69. The first-order chi connectivity index (χ1) is 15.1. The molecule has 1 aromatic rings. The van der Waals surface area contributed by atoms with E-state index in [1.54, 1.807) is 6.20 Å². The lowest BCUT2D eigenvalue weighted by atomic mass is 9.45. The van der Waals surface area contributed by atoms with Crippen molar-refractivity contribution in [1.29, 1.82) is 0 Å². The van der Waals surface area contributed by atoms with E-state index in [2.05, 4.69) is 52.4 Å². The third kappa shape index (κ3) is 4.25. The van der Waals surface area contributed by atoms with Gasteiger partial charge >= 0.3 is 6.09 Å². The Labute approximate surface area is 196 Å². The number of nitrogens with zero attached hydrogens (tertiary/aromatic N) is 3. The van der Waals surface area contributed by atoms with Crippen LogP contribution in [0.5, 0.6) is 0 Å². The first-order valence-electron chi connectivity index (χ1n) is 11.3. The number of nitrogens with one attached hydrogen (secondary N) is 2. The molecular weight excluding hydrogens is 478 g/mol. The van der Waals surface area contributed by atoms with Crippen molar-refractivity contribution in [1.82, 2.24) is 20.0 Å². The van der Waals surface area contributed by atoms with Crippen molar-refractivity contribution in [3.8, 4) is 0 Å². The fourth-order valence-electron chi connectivity index (χ4n) is 5.84. The van der Waals surface area contributed by atoms with Crippen molar-refractivity contribution in [2.24, 2.45) is 29.1 Å². The van der Waals surface area contributed by atoms with Crippen LogP contribution in [0.4, 0.5) is 10.5 Å². The first-order valence-corrected chi connectivity index (χ1v) is 12.1. The maximum Gasteiger partial charge on any atom is 0.407 e. The molecule has 0 aromatic carbocycles. The Balaban J connectivity index is 1.32. The lowest BCUT2D eigenvalue weighted by Gasteiger charge is -2.62. The Bertz CT molecular complexity index is 964. The summed E-state index contributed by atoms with van der Waals surface area (Å²) >= 11 is 3.40. The fourth-order valence-corrected chi connectivity index (χ4v) is 6.26. The summed E-state index contributed by atoms with van der Waals surface area (Å²) in [4.78, 5) is 37.4. The Morgan fingerprint density at radius 3 is 2.72 bits per heavy atom. The number of carbonyl (C=O) groups is 2. The van der Waals surface area contributed by atoms with Crippen LogP contribution in [0.15, 0.2) is 15.5 Å². The molecule has 5 rings (SSSR count). The van der Waals surface area contributed by atoms with Crippen molar-refractivity contribution in [2.45, 2.75) is 52.6 Å². The molecule has 0 radical (unpaired) electrons. The number of rotatable bonds is 6. The standard InChI is InChI=1S/C22H32BrN5O4/c1-12-15-6-14(22(15,2)3)7-16(12)26-17-9-25-28(20(30)19(17)23)11-18(29)24-8-13-4-5-27(10-13)21(31)32/h9,12-16,26H,4-8,10-11H2,1-3H3,(H,24,29)(H,31,32)/t12-,13+,14+,15-,16-/m1/s1. The van der Waals surface area contributed by atoms with Gasteiger partial charge < -0.3 is 20.6 Å². The number of anilines is 1. The smallest absolute Gasteiger partial charge is 0.407 e. The van der Waals surface area contributed by atoms with E-state index in [9.17, 15) is 14.4 Å². The second-order valence-electron chi connectivity index (χ2n) is 10.2. The molecule has 1 aromatic heterocycles. The summed E-state index contributed by atoms with van der Waals surface area (Å²) in [6.45, 7) is 8.11. The van der Waals surface area contributed by atoms with Gasteiger partial charge in [-0.1, -0.05) is 20.8 Å². The van der Waals surface area contributed by atoms with Crippen LogP contribution < -0.4 is 16.2 Å². The highest BCUT2D eigenvalue weighted by atomic mass is 79.9. The summed E-state index contributed by atoms with van der Waals surface area (Å²) in [6, 6.07) is 0.306. The van der Waals surface area contributed by atoms with Crippen molar-refractivity contribution >= 4 is 33.6 Å². The molecule has 3 saturated carbocycles. The Morgan fingerprint density at radius 2 is 2.09 bits per heavy atom. The molecule has 176 valence electrons. The van der Waals surface area contributed by atoms with Gasteiger partial charge in [0.2, 0.25) is 5.91 Å². The molecule has 2 heterocycles. The molecule has 4 aliphatic rings. The van der Waals surface area contributed by atoms with Crippen LogP contribution in [0.1, 0.15) is 40.0 Å². The van der Waals surface area contributed by atoms with Crippen LogP contribution in [0, 0.1) is 29.1 Å².